The van der Waals surface area contributed by atoms with Crippen molar-refractivity contribution in [2.75, 3.05) is 40.0 Å². The second kappa shape index (κ2) is 10.8. The summed E-state index contributed by atoms with van der Waals surface area (Å²) in [5.74, 6) is 0.889. The van der Waals surface area contributed by atoms with Crippen LogP contribution in [0.1, 0.15) is 52.9 Å². The van der Waals surface area contributed by atoms with E-state index in [-0.39, 0.29) is 0 Å². The number of guanidine groups is 1. The molecule has 22 heavy (non-hydrogen) atoms. The summed E-state index contributed by atoms with van der Waals surface area (Å²) < 4.78 is 11.0. The van der Waals surface area contributed by atoms with Crippen molar-refractivity contribution in [3.05, 3.63) is 0 Å². The monoisotopic (exact) mass is 313 g/mol. The summed E-state index contributed by atoms with van der Waals surface area (Å²) in [6.07, 6.45) is 6.03. The van der Waals surface area contributed by atoms with Crippen LogP contribution in [0, 0.1) is 5.41 Å². The number of hydrogen-bond acceptors (Lipinski definition) is 3. The molecule has 0 radical (unpaired) electrons. The highest BCUT2D eigenvalue weighted by atomic mass is 16.5. The van der Waals surface area contributed by atoms with Gasteiger partial charge in [-0.05, 0) is 31.1 Å². The SMILES string of the molecule is CN=C(NCCCCC(C)(C)C)NCCCOC1CCOC1. The third-order valence-electron chi connectivity index (χ3n) is 3.72. The van der Waals surface area contributed by atoms with Crippen molar-refractivity contribution in [2.45, 2.75) is 59.0 Å². The van der Waals surface area contributed by atoms with Crippen molar-refractivity contribution in [3.63, 3.8) is 0 Å². The average Bonchev–Trinajstić information content (AvgIpc) is 2.96. The van der Waals surface area contributed by atoms with Crippen LogP contribution in [0.3, 0.4) is 0 Å². The molecular weight excluding hydrogens is 278 g/mol. The second-order valence-electron chi connectivity index (χ2n) is 7.15. The first-order chi connectivity index (χ1) is 10.5. The molecule has 130 valence electrons. The van der Waals surface area contributed by atoms with Crippen LogP contribution in [0.5, 0.6) is 0 Å². The van der Waals surface area contributed by atoms with E-state index < -0.39 is 0 Å². The van der Waals surface area contributed by atoms with Gasteiger partial charge in [-0.1, -0.05) is 27.2 Å². The zero-order valence-corrected chi connectivity index (χ0v) is 14.9. The van der Waals surface area contributed by atoms with Crippen molar-refractivity contribution >= 4 is 5.96 Å². The summed E-state index contributed by atoms with van der Waals surface area (Å²) >= 11 is 0. The molecule has 0 aromatic rings. The maximum Gasteiger partial charge on any atom is 0.190 e. The molecule has 1 aliphatic heterocycles. The lowest BCUT2D eigenvalue weighted by molar-refractivity contribution is 0.0420. The van der Waals surface area contributed by atoms with Crippen LogP contribution in [0.4, 0.5) is 0 Å². The van der Waals surface area contributed by atoms with Crippen LogP contribution in [-0.4, -0.2) is 52.0 Å². The van der Waals surface area contributed by atoms with Gasteiger partial charge < -0.3 is 20.1 Å². The Kier molecular flexibility index (Phi) is 9.48. The van der Waals surface area contributed by atoms with E-state index in [2.05, 4.69) is 36.4 Å². The van der Waals surface area contributed by atoms with E-state index in [1.54, 1.807) is 0 Å². The van der Waals surface area contributed by atoms with Crippen molar-refractivity contribution in [1.29, 1.82) is 0 Å². The number of unbranched alkanes of at least 4 members (excludes halogenated alkanes) is 1. The quantitative estimate of drug-likeness (QED) is 0.390. The maximum atomic E-state index is 5.74. The van der Waals surface area contributed by atoms with Gasteiger partial charge in [-0.25, -0.2) is 0 Å². The van der Waals surface area contributed by atoms with E-state index >= 15 is 0 Å². The first-order valence-corrected chi connectivity index (χ1v) is 8.65. The molecule has 0 bridgehead atoms. The van der Waals surface area contributed by atoms with E-state index in [9.17, 15) is 0 Å². The molecule has 0 spiro atoms. The van der Waals surface area contributed by atoms with Gasteiger partial charge in [0.05, 0.1) is 12.7 Å². The fourth-order valence-electron chi connectivity index (χ4n) is 2.38. The van der Waals surface area contributed by atoms with Crippen LogP contribution in [0.2, 0.25) is 0 Å². The van der Waals surface area contributed by atoms with Gasteiger partial charge in [-0.15, -0.1) is 0 Å². The highest BCUT2D eigenvalue weighted by Crippen LogP contribution is 2.21. The molecule has 1 heterocycles. The zero-order valence-electron chi connectivity index (χ0n) is 14.9. The first-order valence-electron chi connectivity index (χ1n) is 8.65. The van der Waals surface area contributed by atoms with Crippen LogP contribution in [0.25, 0.3) is 0 Å². The smallest absolute Gasteiger partial charge is 0.190 e. The number of aliphatic imine (C=N–C) groups is 1. The molecule has 1 unspecified atom stereocenters. The number of hydrogen-bond donors (Lipinski definition) is 2. The lowest BCUT2D eigenvalue weighted by Crippen LogP contribution is -2.38. The second-order valence-corrected chi connectivity index (χ2v) is 7.15. The number of nitrogens with zero attached hydrogens (tertiary/aromatic N) is 1. The molecule has 5 heteroatoms. The Hall–Kier alpha value is -0.810. The van der Waals surface area contributed by atoms with Gasteiger partial charge in [0.25, 0.3) is 0 Å². The molecule has 1 atom stereocenters. The summed E-state index contributed by atoms with van der Waals surface area (Å²) in [5, 5.41) is 6.70. The molecule has 0 aliphatic carbocycles. The van der Waals surface area contributed by atoms with E-state index in [4.69, 9.17) is 9.47 Å². The molecule has 1 fully saturated rings. The predicted octanol–water partition coefficient (Wildman–Crippen LogP) is 2.56. The highest BCUT2D eigenvalue weighted by molar-refractivity contribution is 5.79. The molecule has 1 rings (SSSR count). The molecule has 0 aromatic carbocycles. The molecule has 1 saturated heterocycles. The average molecular weight is 313 g/mol. The third-order valence-corrected chi connectivity index (χ3v) is 3.72. The number of rotatable bonds is 9. The number of ether oxygens (including phenoxy) is 2. The molecule has 0 amide bonds. The van der Waals surface area contributed by atoms with Crippen LogP contribution in [-0.2, 0) is 9.47 Å². The van der Waals surface area contributed by atoms with Crippen molar-refractivity contribution in [2.24, 2.45) is 10.4 Å². The number of nitrogens with one attached hydrogen (secondary N) is 2. The van der Waals surface area contributed by atoms with E-state index in [0.29, 0.717) is 11.5 Å². The largest absolute Gasteiger partial charge is 0.379 e. The lowest BCUT2D eigenvalue weighted by atomic mass is 9.90. The van der Waals surface area contributed by atoms with Crippen LogP contribution >= 0.6 is 0 Å². The van der Waals surface area contributed by atoms with Crippen LogP contribution in [0.15, 0.2) is 4.99 Å². The van der Waals surface area contributed by atoms with Gasteiger partial charge >= 0.3 is 0 Å². The fraction of sp³-hybridized carbons (Fsp3) is 0.941. The molecule has 2 N–H and O–H groups in total. The van der Waals surface area contributed by atoms with Gasteiger partial charge in [0.15, 0.2) is 5.96 Å². The Morgan fingerprint density at radius 1 is 1.18 bits per heavy atom. The molecule has 0 aromatic heterocycles. The lowest BCUT2D eigenvalue weighted by Gasteiger charge is -2.18. The topological polar surface area (TPSA) is 54.9 Å². The zero-order chi connectivity index (χ0) is 16.3. The Bertz CT molecular complexity index is 308. The fourth-order valence-corrected chi connectivity index (χ4v) is 2.38. The van der Waals surface area contributed by atoms with Crippen molar-refractivity contribution < 1.29 is 9.47 Å². The maximum absolute atomic E-state index is 5.74. The van der Waals surface area contributed by atoms with Crippen LogP contribution < -0.4 is 10.6 Å². The highest BCUT2D eigenvalue weighted by Gasteiger charge is 2.15. The third kappa shape index (κ3) is 10.0. The minimum atomic E-state index is 0.306. The predicted molar refractivity (Wildman–Crippen MR) is 92.5 cm³/mol. The van der Waals surface area contributed by atoms with Gasteiger partial charge in [-0.3, -0.25) is 4.99 Å². The summed E-state index contributed by atoms with van der Waals surface area (Å²) in [7, 11) is 1.82. The Balaban J connectivity index is 1.95. The Morgan fingerprint density at radius 2 is 1.91 bits per heavy atom. The minimum Gasteiger partial charge on any atom is -0.379 e. The Morgan fingerprint density at radius 3 is 2.50 bits per heavy atom. The minimum absolute atomic E-state index is 0.306. The van der Waals surface area contributed by atoms with Gasteiger partial charge in [-0.2, -0.15) is 0 Å². The standard InChI is InChI=1S/C17H35N3O2/c1-17(2,3)9-5-6-10-19-16(18-4)20-11-7-12-22-15-8-13-21-14-15/h15H,5-14H2,1-4H3,(H2,18,19,20). The van der Waals surface area contributed by atoms with Crippen molar-refractivity contribution in [3.8, 4) is 0 Å². The summed E-state index contributed by atoms with van der Waals surface area (Å²) in [6, 6.07) is 0. The van der Waals surface area contributed by atoms with E-state index in [0.717, 1.165) is 51.7 Å². The van der Waals surface area contributed by atoms with Crippen molar-refractivity contribution in [1.82, 2.24) is 10.6 Å². The van der Waals surface area contributed by atoms with E-state index in [1.807, 2.05) is 7.05 Å². The summed E-state index contributed by atoms with van der Waals surface area (Å²) in [5.41, 5.74) is 0.435. The van der Waals surface area contributed by atoms with Gasteiger partial charge in [0.1, 0.15) is 0 Å². The van der Waals surface area contributed by atoms with Gasteiger partial charge in [0.2, 0.25) is 0 Å². The molecular formula is C17H35N3O2. The first kappa shape index (κ1) is 19.2. The molecule has 0 saturated carbocycles. The van der Waals surface area contributed by atoms with E-state index in [1.165, 1.54) is 19.3 Å². The van der Waals surface area contributed by atoms with Gasteiger partial charge in [0, 0.05) is 33.4 Å². The normalized spacial score (nSPS) is 19.5. The Labute approximate surface area is 136 Å². The molecule has 5 nitrogen and oxygen atoms in total. The summed E-state index contributed by atoms with van der Waals surface area (Å²) in [4.78, 5) is 4.24. The summed E-state index contributed by atoms with van der Waals surface area (Å²) in [6.45, 7) is 11.1. The molecule has 1 aliphatic rings.